The Labute approximate surface area is 202 Å². The van der Waals surface area contributed by atoms with E-state index in [2.05, 4.69) is 57.8 Å². The number of hydrogen-bond acceptors (Lipinski definition) is 5. The lowest BCUT2D eigenvalue weighted by Crippen LogP contribution is -2.47. The van der Waals surface area contributed by atoms with Gasteiger partial charge in [0.25, 0.3) is 0 Å². The number of likely N-dealkylation sites (tertiary alicyclic amines) is 2. The number of methoxy groups -OCH3 is 1. The number of nitrogens with one attached hydrogen (secondary N) is 2. The number of ether oxygens (including phenoxy) is 1. The zero-order chi connectivity index (χ0) is 24.1. The van der Waals surface area contributed by atoms with Gasteiger partial charge in [0.05, 0.1) is 25.0 Å². The molecule has 2 aromatic rings. The van der Waals surface area contributed by atoms with Crippen molar-refractivity contribution in [2.45, 2.75) is 50.6 Å². The topological polar surface area (TPSA) is 73.9 Å². The number of hydrogen-bond donors (Lipinski definition) is 2. The number of amides is 2. The third-order valence-corrected chi connectivity index (χ3v) is 7.11. The molecule has 0 unspecified atom stereocenters. The van der Waals surface area contributed by atoms with E-state index in [4.69, 9.17) is 4.74 Å². The molecule has 182 valence electrons. The first-order valence-corrected chi connectivity index (χ1v) is 12.2. The van der Waals surface area contributed by atoms with E-state index < -0.39 is 0 Å². The quantitative estimate of drug-likeness (QED) is 0.678. The first kappa shape index (κ1) is 24.2. The monoisotopic (exact) mass is 464 g/mol. The molecule has 2 amide bonds. The Hall–Kier alpha value is -2.90. The smallest absolute Gasteiger partial charge is 0.238 e. The molecule has 7 heteroatoms. The molecular weight excluding hydrogens is 428 g/mol. The van der Waals surface area contributed by atoms with Crippen LogP contribution in [0.5, 0.6) is 5.75 Å². The van der Waals surface area contributed by atoms with Crippen molar-refractivity contribution in [3.63, 3.8) is 0 Å². The van der Waals surface area contributed by atoms with E-state index in [1.165, 1.54) is 31.7 Å². The fourth-order valence-electron chi connectivity index (χ4n) is 5.59. The van der Waals surface area contributed by atoms with Crippen LogP contribution in [0.4, 0.5) is 11.4 Å². The normalized spacial score (nSPS) is 23.4. The molecule has 2 aromatic carbocycles. The summed E-state index contributed by atoms with van der Waals surface area (Å²) in [6.07, 6.45) is 4.75. The Morgan fingerprint density at radius 3 is 2.56 bits per heavy atom. The van der Waals surface area contributed by atoms with E-state index in [1.54, 1.807) is 25.3 Å². The van der Waals surface area contributed by atoms with Crippen LogP contribution in [0.25, 0.3) is 0 Å². The maximum Gasteiger partial charge on any atom is 0.238 e. The van der Waals surface area contributed by atoms with Gasteiger partial charge in [-0.25, -0.2) is 0 Å². The predicted octanol–water partition coefficient (Wildman–Crippen LogP) is 3.93. The minimum absolute atomic E-state index is 0.0861. The number of fused-ring (bicyclic) bond motifs is 1. The van der Waals surface area contributed by atoms with Crippen LogP contribution in [0.3, 0.4) is 0 Å². The number of benzene rings is 2. The summed E-state index contributed by atoms with van der Waals surface area (Å²) in [5, 5.41) is 5.81. The highest BCUT2D eigenvalue weighted by molar-refractivity contribution is 5.99. The Morgan fingerprint density at radius 2 is 1.82 bits per heavy atom. The maximum absolute atomic E-state index is 13.2. The summed E-state index contributed by atoms with van der Waals surface area (Å²) in [7, 11) is 3.82. The minimum Gasteiger partial charge on any atom is -0.497 e. The Balaban J connectivity index is 1.54. The number of carbonyl (C=O) groups excluding carboxylic acids is 2. The molecule has 2 heterocycles. The number of rotatable bonds is 6. The Morgan fingerprint density at radius 1 is 1.03 bits per heavy atom. The van der Waals surface area contributed by atoms with Gasteiger partial charge in [0.1, 0.15) is 5.75 Å². The summed E-state index contributed by atoms with van der Waals surface area (Å²) in [6.45, 7) is 3.71. The molecule has 2 aliphatic rings. The van der Waals surface area contributed by atoms with Gasteiger partial charge in [0.15, 0.2) is 0 Å². The second-order valence-electron chi connectivity index (χ2n) is 9.48. The molecule has 4 rings (SSSR count). The fraction of sp³-hybridized carbons (Fsp3) is 0.481. The predicted molar refractivity (Wildman–Crippen MR) is 135 cm³/mol. The standard InChI is InChI=1S/C27H36N4O3/c1-19(32)28-23-14-13-21(34-3)16-24(23)29-26(33)18-31-17-22(20-10-6-4-7-11-20)27-25(31)12-8-5-9-15-30(27)2/h4,6-7,10-11,13-14,16,22,25,27H,5,8-9,12,15,17-18H2,1-3H3,(H,28,32)(H,29,33)/t22-,25-,27-/m0/s1. The molecule has 2 N–H and O–H groups in total. The molecule has 2 saturated heterocycles. The summed E-state index contributed by atoms with van der Waals surface area (Å²) < 4.78 is 5.32. The van der Waals surface area contributed by atoms with Gasteiger partial charge in [0, 0.05) is 37.5 Å². The molecule has 0 aliphatic carbocycles. The van der Waals surface area contributed by atoms with Crippen molar-refractivity contribution in [1.82, 2.24) is 9.80 Å². The SMILES string of the molecule is COc1ccc(NC(C)=O)c(NC(=O)CN2C[C@@H](c3ccccc3)[C@H]3[C@@H]2CCCCCN3C)c1. The molecule has 0 bridgehead atoms. The van der Waals surface area contributed by atoms with E-state index in [1.807, 2.05) is 0 Å². The largest absolute Gasteiger partial charge is 0.497 e. The van der Waals surface area contributed by atoms with E-state index in [9.17, 15) is 9.59 Å². The number of anilines is 2. The van der Waals surface area contributed by atoms with Crippen molar-refractivity contribution in [3.8, 4) is 5.75 Å². The summed E-state index contributed by atoms with van der Waals surface area (Å²) in [5.41, 5.74) is 2.45. The van der Waals surface area contributed by atoms with Crippen LogP contribution in [-0.4, -0.2) is 67.5 Å². The highest BCUT2D eigenvalue weighted by Crippen LogP contribution is 2.38. The van der Waals surface area contributed by atoms with Gasteiger partial charge in [-0.05, 0) is 44.1 Å². The van der Waals surface area contributed by atoms with Crippen LogP contribution in [0.2, 0.25) is 0 Å². The second-order valence-corrected chi connectivity index (χ2v) is 9.48. The van der Waals surface area contributed by atoms with Crippen molar-refractivity contribution < 1.29 is 14.3 Å². The third-order valence-electron chi connectivity index (χ3n) is 7.11. The van der Waals surface area contributed by atoms with Gasteiger partial charge in [-0.2, -0.15) is 0 Å². The maximum atomic E-state index is 13.2. The first-order chi connectivity index (χ1) is 16.5. The van der Waals surface area contributed by atoms with Gasteiger partial charge in [-0.1, -0.05) is 43.2 Å². The molecule has 34 heavy (non-hydrogen) atoms. The number of nitrogens with zero attached hydrogens (tertiary/aromatic N) is 2. The molecular formula is C27H36N4O3. The lowest BCUT2D eigenvalue weighted by molar-refractivity contribution is -0.117. The van der Waals surface area contributed by atoms with Crippen molar-refractivity contribution in [2.75, 3.05) is 44.4 Å². The van der Waals surface area contributed by atoms with E-state index >= 15 is 0 Å². The van der Waals surface area contributed by atoms with Crippen LogP contribution in [0, 0.1) is 0 Å². The molecule has 7 nitrogen and oxygen atoms in total. The van der Waals surface area contributed by atoms with Gasteiger partial charge in [-0.3, -0.25) is 14.5 Å². The van der Waals surface area contributed by atoms with Gasteiger partial charge in [0.2, 0.25) is 11.8 Å². The summed E-state index contributed by atoms with van der Waals surface area (Å²) in [4.78, 5) is 29.7. The molecule has 0 spiro atoms. The highest BCUT2D eigenvalue weighted by Gasteiger charge is 2.44. The lowest BCUT2D eigenvalue weighted by atomic mass is 9.87. The number of carbonyl (C=O) groups is 2. The molecule has 0 radical (unpaired) electrons. The van der Waals surface area contributed by atoms with Crippen molar-refractivity contribution >= 4 is 23.2 Å². The Kier molecular flexibility index (Phi) is 7.85. The lowest BCUT2D eigenvalue weighted by Gasteiger charge is -2.37. The van der Waals surface area contributed by atoms with Gasteiger partial charge >= 0.3 is 0 Å². The first-order valence-electron chi connectivity index (χ1n) is 12.2. The van der Waals surface area contributed by atoms with Crippen LogP contribution >= 0.6 is 0 Å². The summed E-state index contributed by atoms with van der Waals surface area (Å²) in [6, 6.07) is 16.7. The van der Waals surface area contributed by atoms with E-state index in [-0.39, 0.29) is 11.8 Å². The molecule has 0 saturated carbocycles. The minimum atomic E-state index is -0.189. The average Bonchev–Trinajstić information content (AvgIpc) is 3.16. The van der Waals surface area contributed by atoms with Crippen LogP contribution < -0.4 is 15.4 Å². The zero-order valence-electron chi connectivity index (χ0n) is 20.4. The Bertz CT molecular complexity index is 997. The van der Waals surface area contributed by atoms with Crippen LogP contribution in [0.1, 0.15) is 44.1 Å². The fourth-order valence-corrected chi connectivity index (χ4v) is 5.59. The van der Waals surface area contributed by atoms with Crippen molar-refractivity contribution in [2.24, 2.45) is 0 Å². The van der Waals surface area contributed by atoms with Crippen molar-refractivity contribution in [3.05, 3.63) is 54.1 Å². The molecule has 0 aromatic heterocycles. The van der Waals surface area contributed by atoms with Crippen LogP contribution in [-0.2, 0) is 9.59 Å². The van der Waals surface area contributed by atoms with E-state index in [0.717, 1.165) is 19.5 Å². The van der Waals surface area contributed by atoms with E-state index in [0.29, 0.717) is 41.7 Å². The highest BCUT2D eigenvalue weighted by atomic mass is 16.5. The molecule has 3 atom stereocenters. The third kappa shape index (κ3) is 5.59. The molecule has 2 fully saturated rings. The molecule has 2 aliphatic heterocycles. The van der Waals surface area contributed by atoms with Crippen molar-refractivity contribution in [1.29, 1.82) is 0 Å². The average molecular weight is 465 g/mol. The van der Waals surface area contributed by atoms with Crippen LogP contribution in [0.15, 0.2) is 48.5 Å². The van der Waals surface area contributed by atoms with Gasteiger partial charge < -0.3 is 20.3 Å². The number of likely N-dealkylation sites (N-methyl/N-ethyl adjacent to an activating group) is 1. The second kappa shape index (κ2) is 11.0. The van der Waals surface area contributed by atoms with Gasteiger partial charge in [-0.15, -0.1) is 0 Å². The summed E-state index contributed by atoms with van der Waals surface area (Å²) in [5.74, 6) is 0.716. The zero-order valence-corrected chi connectivity index (χ0v) is 20.4. The summed E-state index contributed by atoms with van der Waals surface area (Å²) >= 11 is 0.